The Hall–Kier alpha value is -3.34. The van der Waals surface area contributed by atoms with Crippen LogP contribution in [0.15, 0.2) is 47.5 Å². The summed E-state index contributed by atoms with van der Waals surface area (Å²) in [4.78, 5) is 34.8. The molecule has 2 heterocycles. The zero-order valence-electron chi connectivity index (χ0n) is 28.1. The molecule has 1 aromatic heterocycles. The maximum atomic E-state index is 14.6. The van der Waals surface area contributed by atoms with Gasteiger partial charge in [-0.15, -0.1) is 10.2 Å². The molecule has 1 fully saturated rings. The van der Waals surface area contributed by atoms with Gasteiger partial charge in [-0.3, -0.25) is 14.6 Å². The number of aromatic nitrogens is 4. The molecule has 3 aromatic rings. The summed E-state index contributed by atoms with van der Waals surface area (Å²) >= 11 is 12.8. The minimum absolute atomic E-state index is 0.0335. The standard InChI is InChI=1S/C35H45Cl2N7O3/c1-33(2,3)14-13-28(22-7-9-23(10-8-22)31(45)38-20-29-40-42-43-41-29)44-32(46)30(24-17-25(36)19-26(37)18-24)39-35(44)15-11-27(12-16-35)47-21-34(4,5)6/h7-10,17-19,27-28H,11-16,20-21H2,1-6H3,(H,38,45)(H,40,41,42,43)/t27?,28-,35?/m1/s1. The van der Waals surface area contributed by atoms with E-state index in [1.54, 1.807) is 30.3 Å². The highest BCUT2D eigenvalue weighted by atomic mass is 35.5. The Labute approximate surface area is 287 Å². The molecule has 47 heavy (non-hydrogen) atoms. The van der Waals surface area contributed by atoms with Crippen molar-refractivity contribution in [2.24, 2.45) is 15.8 Å². The van der Waals surface area contributed by atoms with Crippen LogP contribution in [0.1, 0.15) is 113 Å². The van der Waals surface area contributed by atoms with Gasteiger partial charge in [0.05, 0.1) is 25.3 Å². The number of hydrogen-bond donors (Lipinski definition) is 2. The fourth-order valence-electron chi connectivity index (χ4n) is 6.25. The maximum Gasteiger partial charge on any atom is 0.275 e. The number of rotatable bonds is 10. The van der Waals surface area contributed by atoms with Crippen molar-refractivity contribution in [3.63, 3.8) is 0 Å². The molecule has 0 saturated heterocycles. The second-order valence-corrected chi connectivity index (χ2v) is 16.0. The smallest absolute Gasteiger partial charge is 0.275 e. The molecule has 2 aromatic carbocycles. The van der Waals surface area contributed by atoms with Crippen LogP contribution in [0.2, 0.25) is 10.0 Å². The van der Waals surface area contributed by atoms with Crippen LogP contribution in [-0.4, -0.2) is 61.4 Å². The molecule has 1 atom stereocenters. The molecule has 0 bridgehead atoms. The number of aromatic amines is 1. The quantitative estimate of drug-likeness (QED) is 0.231. The molecular formula is C35H45Cl2N7O3. The van der Waals surface area contributed by atoms with Crippen molar-refractivity contribution in [3.05, 3.63) is 75.0 Å². The van der Waals surface area contributed by atoms with Crippen LogP contribution >= 0.6 is 23.2 Å². The van der Waals surface area contributed by atoms with Gasteiger partial charge in [-0.2, -0.15) is 5.21 Å². The lowest BCUT2D eigenvalue weighted by atomic mass is 9.82. The Bertz CT molecular complexity index is 1570. The van der Waals surface area contributed by atoms with Crippen molar-refractivity contribution < 1.29 is 14.3 Å². The molecule has 10 nitrogen and oxygen atoms in total. The third-order valence-corrected chi connectivity index (χ3v) is 9.08. The van der Waals surface area contributed by atoms with Crippen molar-refractivity contribution in [1.82, 2.24) is 30.8 Å². The third-order valence-electron chi connectivity index (χ3n) is 8.64. The molecule has 0 unspecified atom stereocenters. The fraction of sp³-hybridized carbons (Fsp3) is 0.543. The topological polar surface area (TPSA) is 125 Å². The molecule has 1 aliphatic carbocycles. The van der Waals surface area contributed by atoms with E-state index in [4.69, 9.17) is 32.9 Å². The SMILES string of the molecule is CC(C)(C)CC[C@H](c1ccc(C(=O)NCc2nn[nH]n2)cc1)N1C(=O)C(c2cc(Cl)cc(Cl)c2)=NC12CCC(OCC(C)(C)C)CC2. The highest BCUT2D eigenvalue weighted by molar-refractivity contribution is 6.47. The van der Waals surface area contributed by atoms with Crippen molar-refractivity contribution in [3.8, 4) is 0 Å². The maximum absolute atomic E-state index is 14.6. The third kappa shape index (κ3) is 8.77. The Morgan fingerprint density at radius 2 is 1.70 bits per heavy atom. The molecule has 5 rings (SSSR count). The van der Waals surface area contributed by atoms with Crippen LogP contribution in [0.4, 0.5) is 0 Å². The predicted octanol–water partition coefficient (Wildman–Crippen LogP) is 7.34. The monoisotopic (exact) mass is 681 g/mol. The van der Waals surface area contributed by atoms with Gasteiger partial charge >= 0.3 is 0 Å². The van der Waals surface area contributed by atoms with E-state index in [-0.39, 0.29) is 41.3 Å². The zero-order chi connectivity index (χ0) is 34.0. The van der Waals surface area contributed by atoms with Crippen LogP contribution in [0, 0.1) is 10.8 Å². The average Bonchev–Trinajstić information content (AvgIpc) is 3.61. The van der Waals surface area contributed by atoms with E-state index >= 15 is 0 Å². The summed E-state index contributed by atoms with van der Waals surface area (Å²) in [5.41, 5.74) is 1.79. The summed E-state index contributed by atoms with van der Waals surface area (Å²) in [6.45, 7) is 14.0. The Morgan fingerprint density at radius 3 is 2.28 bits per heavy atom. The molecule has 252 valence electrons. The fourth-order valence-corrected chi connectivity index (χ4v) is 6.78. The second-order valence-electron chi connectivity index (χ2n) is 15.1. The number of amides is 2. The summed E-state index contributed by atoms with van der Waals surface area (Å²) in [5.74, 6) is 0.00181. The van der Waals surface area contributed by atoms with Crippen LogP contribution in [0.5, 0.6) is 0 Å². The van der Waals surface area contributed by atoms with Crippen LogP contribution in [-0.2, 0) is 16.1 Å². The molecule has 1 aliphatic heterocycles. The van der Waals surface area contributed by atoms with Gasteiger partial charge in [0.25, 0.3) is 11.8 Å². The van der Waals surface area contributed by atoms with E-state index in [0.29, 0.717) is 52.2 Å². The summed E-state index contributed by atoms with van der Waals surface area (Å²) in [7, 11) is 0. The van der Waals surface area contributed by atoms with Gasteiger partial charge in [0.1, 0.15) is 11.4 Å². The lowest BCUT2D eigenvalue weighted by Crippen LogP contribution is -2.51. The number of carbonyl (C=O) groups is 2. The average molecular weight is 683 g/mol. The molecular weight excluding hydrogens is 637 g/mol. The summed E-state index contributed by atoms with van der Waals surface area (Å²) in [5, 5.41) is 17.4. The summed E-state index contributed by atoms with van der Waals surface area (Å²) < 4.78 is 6.33. The van der Waals surface area contributed by atoms with E-state index in [1.165, 1.54) is 0 Å². The Morgan fingerprint density at radius 1 is 1.04 bits per heavy atom. The van der Waals surface area contributed by atoms with Crippen molar-refractivity contribution in [2.45, 2.75) is 104 Å². The van der Waals surface area contributed by atoms with Crippen molar-refractivity contribution in [2.75, 3.05) is 6.61 Å². The Balaban J connectivity index is 1.48. The summed E-state index contributed by atoms with van der Waals surface area (Å²) in [6.07, 6.45) is 4.64. The highest BCUT2D eigenvalue weighted by Crippen LogP contribution is 2.47. The highest BCUT2D eigenvalue weighted by Gasteiger charge is 2.52. The largest absolute Gasteiger partial charge is 0.378 e. The number of ether oxygens (including phenoxy) is 1. The molecule has 2 aliphatic rings. The van der Waals surface area contributed by atoms with Gasteiger partial charge in [-0.25, -0.2) is 0 Å². The number of carbonyl (C=O) groups excluding carboxylic acids is 2. The number of halogens is 2. The number of tetrazole rings is 1. The van der Waals surface area contributed by atoms with Crippen molar-refractivity contribution >= 4 is 40.7 Å². The lowest BCUT2D eigenvalue weighted by Gasteiger charge is -2.46. The molecule has 2 N–H and O–H groups in total. The van der Waals surface area contributed by atoms with Gasteiger partial charge in [-0.05, 0) is 85.3 Å². The first kappa shape index (κ1) is 35.0. The van der Waals surface area contributed by atoms with Crippen LogP contribution in [0.25, 0.3) is 0 Å². The zero-order valence-corrected chi connectivity index (χ0v) is 29.6. The summed E-state index contributed by atoms with van der Waals surface area (Å²) in [6, 6.07) is 12.4. The van der Waals surface area contributed by atoms with Gasteiger partial charge < -0.3 is 15.0 Å². The molecule has 12 heteroatoms. The van der Waals surface area contributed by atoms with Crippen LogP contribution in [0.3, 0.4) is 0 Å². The van der Waals surface area contributed by atoms with E-state index < -0.39 is 5.66 Å². The number of H-pyrrole nitrogens is 1. The molecule has 1 spiro atoms. The second kappa shape index (κ2) is 14.0. The molecule has 0 radical (unpaired) electrons. The van der Waals surface area contributed by atoms with E-state index in [9.17, 15) is 9.59 Å². The normalized spacial score (nSPS) is 20.9. The van der Waals surface area contributed by atoms with E-state index in [2.05, 4.69) is 67.5 Å². The number of hydrogen-bond acceptors (Lipinski definition) is 7. The van der Waals surface area contributed by atoms with E-state index in [0.717, 1.165) is 31.2 Å². The first-order chi connectivity index (χ1) is 22.1. The first-order valence-electron chi connectivity index (χ1n) is 16.2. The molecule has 1 saturated carbocycles. The van der Waals surface area contributed by atoms with Gasteiger partial charge in [0.15, 0.2) is 5.82 Å². The van der Waals surface area contributed by atoms with Gasteiger partial charge in [0, 0.05) is 21.2 Å². The van der Waals surface area contributed by atoms with Gasteiger partial charge in [0.2, 0.25) is 0 Å². The predicted molar refractivity (Wildman–Crippen MR) is 183 cm³/mol. The van der Waals surface area contributed by atoms with Gasteiger partial charge in [-0.1, -0.05) is 82.1 Å². The molecule has 2 amide bonds. The Kier molecular flexibility index (Phi) is 10.4. The first-order valence-corrected chi connectivity index (χ1v) is 17.0. The minimum Gasteiger partial charge on any atom is -0.378 e. The van der Waals surface area contributed by atoms with Crippen LogP contribution < -0.4 is 5.32 Å². The number of aliphatic imine (C=N–C) groups is 1. The van der Waals surface area contributed by atoms with E-state index in [1.807, 2.05) is 17.0 Å². The lowest BCUT2D eigenvalue weighted by molar-refractivity contribution is -0.135. The number of benzene rings is 2. The number of nitrogens with one attached hydrogen (secondary N) is 2. The van der Waals surface area contributed by atoms with Crippen molar-refractivity contribution in [1.29, 1.82) is 0 Å². The number of nitrogens with zero attached hydrogens (tertiary/aromatic N) is 5. The minimum atomic E-state index is -0.744.